The van der Waals surface area contributed by atoms with Crippen molar-refractivity contribution in [3.8, 4) is 0 Å². The van der Waals surface area contributed by atoms with Crippen molar-refractivity contribution in [3.05, 3.63) is 28.2 Å². The van der Waals surface area contributed by atoms with Crippen molar-refractivity contribution >= 4 is 38.8 Å². The first-order valence-electron chi connectivity index (χ1n) is 5.82. The quantitative estimate of drug-likeness (QED) is 0.815. The minimum atomic E-state index is -0.772. The minimum Gasteiger partial charge on any atom is -0.389 e. The molecule has 0 bridgehead atoms. The maximum Gasteiger partial charge on any atom is 0.107 e. The van der Waals surface area contributed by atoms with E-state index in [2.05, 4.69) is 20.8 Å². The van der Waals surface area contributed by atoms with Crippen LogP contribution in [-0.2, 0) is 0 Å². The number of anilines is 1. The molecule has 0 aromatic heterocycles. The molecule has 0 amide bonds. The zero-order valence-electron chi connectivity index (χ0n) is 10.9. The molecule has 1 aromatic carbocycles. The summed E-state index contributed by atoms with van der Waals surface area (Å²) >= 11 is 8.57. The number of nitrogens with zero attached hydrogens (tertiary/aromatic N) is 1. The molecule has 0 radical (unpaired) electrons. The van der Waals surface area contributed by atoms with E-state index in [1.807, 2.05) is 25.1 Å². The largest absolute Gasteiger partial charge is 0.389 e. The highest BCUT2D eigenvalue weighted by Gasteiger charge is 2.21. The van der Waals surface area contributed by atoms with E-state index in [-0.39, 0.29) is 0 Å². The number of hydrogen-bond donors (Lipinski definition) is 2. The summed E-state index contributed by atoms with van der Waals surface area (Å²) < 4.78 is 0.877. The van der Waals surface area contributed by atoms with E-state index in [4.69, 9.17) is 18.0 Å². The van der Waals surface area contributed by atoms with Gasteiger partial charge in [-0.05, 0) is 48.8 Å². The van der Waals surface area contributed by atoms with E-state index in [9.17, 15) is 5.11 Å². The maximum atomic E-state index is 9.96. The third kappa shape index (κ3) is 3.93. The SMILES string of the molecule is CCN(CC(C)(C)O)c1cccc(Br)c1C(N)=S. The van der Waals surface area contributed by atoms with Gasteiger partial charge in [0.2, 0.25) is 0 Å². The van der Waals surface area contributed by atoms with Crippen molar-refractivity contribution in [1.29, 1.82) is 0 Å². The van der Waals surface area contributed by atoms with Gasteiger partial charge in [0.1, 0.15) is 4.99 Å². The molecule has 0 spiro atoms. The lowest BCUT2D eigenvalue weighted by Crippen LogP contribution is -2.39. The summed E-state index contributed by atoms with van der Waals surface area (Å²) in [4.78, 5) is 2.42. The standard InChI is InChI=1S/C13H19BrN2OS/c1-4-16(8-13(2,3)17)10-7-5-6-9(14)11(10)12(15)18/h5-7,17H,4,8H2,1-3H3,(H2,15,18). The Hall–Kier alpha value is -0.650. The van der Waals surface area contributed by atoms with Crippen LogP contribution in [-0.4, -0.2) is 28.8 Å². The lowest BCUT2D eigenvalue weighted by Gasteiger charge is -2.31. The van der Waals surface area contributed by atoms with E-state index in [1.165, 1.54) is 0 Å². The van der Waals surface area contributed by atoms with Gasteiger partial charge in [0.05, 0.1) is 5.60 Å². The van der Waals surface area contributed by atoms with E-state index < -0.39 is 5.60 Å². The summed E-state index contributed by atoms with van der Waals surface area (Å²) in [6, 6.07) is 5.82. The molecule has 0 atom stereocenters. The summed E-state index contributed by atoms with van der Waals surface area (Å²) in [6.45, 7) is 6.91. The fraction of sp³-hybridized carbons (Fsp3) is 0.462. The van der Waals surface area contributed by atoms with Crippen LogP contribution in [0.2, 0.25) is 0 Å². The van der Waals surface area contributed by atoms with E-state index in [0.29, 0.717) is 11.5 Å². The molecule has 3 nitrogen and oxygen atoms in total. The van der Waals surface area contributed by atoms with Crippen LogP contribution in [0.25, 0.3) is 0 Å². The van der Waals surface area contributed by atoms with Crippen LogP contribution in [0.1, 0.15) is 26.3 Å². The highest BCUT2D eigenvalue weighted by Crippen LogP contribution is 2.28. The van der Waals surface area contributed by atoms with Crippen molar-refractivity contribution in [3.63, 3.8) is 0 Å². The van der Waals surface area contributed by atoms with Gasteiger partial charge >= 0.3 is 0 Å². The van der Waals surface area contributed by atoms with Crippen molar-refractivity contribution in [2.24, 2.45) is 5.73 Å². The second-order valence-corrected chi connectivity index (χ2v) is 6.12. The molecule has 0 saturated carbocycles. The molecule has 0 aliphatic carbocycles. The molecular formula is C13H19BrN2OS. The molecule has 0 fully saturated rings. The second kappa shape index (κ2) is 5.99. The van der Waals surface area contributed by atoms with Crippen LogP contribution in [0.5, 0.6) is 0 Å². The fourth-order valence-corrected chi connectivity index (χ4v) is 2.77. The molecule has 0 unspecified atom stereocenters. The predicted molar refractivity (Wildman–Crippen MR) is 84.2 cm³/mol. The third-order valence-corrected chi connectivity index (χ3v) is 3.40. The van der Waals surface area contributed by atoms with Gasteiger partial charge in [0.25, 0.3) is 0 Å². The average molecular weight is 331 g/mol. The van der Waals surface area contributed by atoms with Crippen LogP contribution >= 0.6 is 28.1 Å². The van der Waals surface area contributed by atoms with Crippen molar-refractivity contribution < 1.29 is 5.11 Å². The molecular weight excluding hydrogens is 312 g/mol. The molecule has 3 N–H and O–H groups in total. The molecule has 1 rings (SSSR count). The van der Waals surface area contributed by atoms with Crippen molar-refractivity contribution in [1.82, 2.24) is 0 Å². The lowest BCUT2D eigenvalue weighted by atomic mass is 10.1. The van der Waals surface area contributed by atoms with E-state index >= 15 is 0 Å². The molecule has 18 heavy (non-hydrogen) atoms. The Labute approximate surface area is 122 Å². The van der Waals surface area contributed by atoms with Gasteiger partial charge in [-0.25, -0.2) is 0 Å². The van der Waals surface area contributed by atoms with Gasteiger partial charge in [-0.3, -0.25) is 0 Å². The smallest absolute Gasteiger partial charge is 0.107 e. The van der Waals surface area contributed by atoms with E-state index in [0.717, 1.165) is 22.3 Å². The van der Waals surface area contributed by atoms with Crippen molar-refractivity contribution in [2.75, 3.05) is 18.0 Å². The number of nitrogens with two attached hydrogens (primary N) is 1. The van der Waals surface area contributed by atoms with Gasteiger partial charge in [-0.2, -0.15) is 0 Å². The number of likely N-dealkylation sites (N-methyl/N-ethyl adjacent to an activating group) is 1. The van der Waals surface area contributed by atoms with Crippen LogP contribution in [0.4, 0.5) is 5.69 Å². The Morgan fingerprint density at radius 3 is 2.56 bits per heavy atom. The van der Waals surface area contributed by atoms with Crippen LogP contribution in [0.3, 0.4) is 0 Å². The van der Waals surface area contributed by atoms with Gasteiger partial charge in [-0.1, -0.05) is 18.3 Å². The second-order valence-electron chi connectivity index (χ2n) is 4.82. The number of halogens is 1. The molecule has 1 aromatic rings. The van der Waals surface area contributed by atoms with Crippen LogP contribution < -0.4 is 10.6 Å². The van der Waals surface area contributed by atoms with Crippen LogP contribution in [0.15, 0.2) is 22.7 Å². The average Bonchev–Trinajstić information content (AvgIpc) is 2.23. The van der Waals surface area contributed by atoms with Gasteiger partial charge < -0.3 is 15.7 Å². The molecule has 0 saturated heterocycles. The zero-order chi connectivity index (χ0) is 13.9. The maximum absolute atomic E-state index is 9.96. The summed E-state index contributed by atoms with van der Waals surface area (Å²) in [6.07, 6.45) is 0. The first-order chi connectivity index (χ1) is 8.26. The number of thiocarbonyl (C=S) groups is 1. The summed E-state index contributed by atoms with van der Waals surface area (Å²) in [5.41, 5.74) is 6.78. The third-order valence-electron chi connectivity index (χ3n) is 2.54. The van der Waals surface area contributed by atoms with Gasteiger partial charge in [0, 0.05) is 28.8 Å². The topological polar surface area (TPSA) is 49.5 Å². The zero-order valence-corrected chi connectivity index (χ0v) is 13.3. The minimum absolute atomic E-state index is 0.353. The van der Waals surface area contributed by atoms with Gasteiger partial charge in [-0.15, -0.1) is 0 Å². The molecule has 5 heteroatoms. The molecule has 0 heterocycles. The first-order valence-corrected chi connectivity index (χ1v) is 7.02. The first kappa shape index (κ1) is 15.4. The lowest BCUT2D eigenvalue weighted by molar-refractivity contribution is 0.0876. The monoisotopic (exact) mass is 330 g/mol. The molecule has 100 valence electrons. The van der Waals surface area contributed by atoms with Gasteiger partial charge in [0.15, 0.2) is 0 Å². The predicted octanol–water partition coefficient (Wildman–Crippen LogP) is 2.68. The number of rotatable bonds is 5. The number of aliphatic hydroxyl groups is 1. The highest BCUT2D eigenvalue weighted by molar-refractivity contribution is 9.10. The molecule has 0 aliphatic rings. The molecule has 0 aliphatic heterocycles. The Bertz CT molecular complexity index is 443. The summed E-state index contributed by atoms with van der Waals surface area (Å²) in [5, 5.41) is 9.96. The normalized spacial score (nSPS) is 11.4. The summed E-state index contributed by atoms with van der Waals surface area (Å²) in [5.74, 6) is 0. The Kier molecular flexibility index (Phi) is 5.13. The van der Waals surface area contributed by atoms with E-state index in [1.54, 1.807) is 13.8 Å². The Balaban J connectivity index is 3.21. The number of benzene rings is 1. The number of hydrogen-bond acceptors (Lipinski definition) is 3. The van der Waals surface area contributed by atoms with Crippen molar-refractivity contribution in [2.45, 2.75) is 26.4 Å². The summed E-state index contributed by atoms with van der Waals surface area (Å²) in [7, 11) is 0. The fourth-order valence-electron chi connectivity index (χ4n) is 1.85. The highest BCUT2D eigenvalue weighted by atomic mass is 79.9. The Morgan fingerprint density at radius 1 is 1.50 bits per heavy atom. The Morgan fingerprint density at radius 2 is 2.11 bits per heavy atom. The van der Waals surface area contributed by atoms with Crippen LogP contribution in [0, 0.1) is 0 Å².